The normalized spacial score (nSPS) is 16.1. The summed E-state index contributed by atoms with van der Waals surface area (Å²) in [5.41, 5.74) is 2.88. The molecule has 1 aliphatic rings. The minimum Gasteiger partial charge on any atom is -0.366 e. The monoisotopic (exact) mass is 326 g/mol. The van der Waals surface area contributed by atoms with Gasteiger partial charge < -0.3 is 10.2 Å². The van der Waals surface area contributed by atoms with Crippen molar-refractivity contribution in [3.05, 3.63) is 51.7 Å². The molecular formula is C18H18N2O2S. The SMILES string of the molecule is CC(=O)c1ccc(C(=O)Nc2cccc3c2N(C)C(C)C=C3)s1. The molecule has 0 bridgehead atoms. The van der Waals surface area contributed by atoms with Gasteiger partial charge in [-0.1, -0.05) is 24.3 Å². The van der Waals surface area contributed by atoms with Crippen LogP contribution in [0.5, 0.6) is 0 Å². The quantitative estimate of drug-likeness (QED) is 0.866. The van der Waals surface area contributed by atoms with Crippen molar-refractivity contribution in [2.75, 3.05) is 17.3 Å². The summed E-state index contributed by atoms with van der Waals surface area (Å²) in [6, 6.07) is 9.52. The average Bonchev–Trinajstić information content (AvgIpc) is 3.01. The molecule has 0 radical (unpaired) electrons. The van der Waals surface area contributed by atoms with E-state index >= 15 is 0 Å². The van der Waals surface area contributed by atoms with Crippen molar-refractivity contribution in [3.8, 4) is 0 Å². The van der Waals surface area contributed by atoms with E-state index in [0.29, 0.717) is 9.75 Å². The standard InChI is InChI=1S/C18H18N2O2S/c1-11-7-8-13-5-4-6-14(17(13)20(11)3)19-18(22)16-10-9-15(23-16)12(2)21/h4-11H,1-3H3,(H,19,22). The molecule has 0 aliphatic carbocycles. The summed E-state index contributed by atoms with van der Waals surface area (Å²) >= 11 is 1.22. The minimum atomic E-state index is -0.188. The molecule has 1 N–H and O–H groups in total. The van der Waals surface area contributed by atoms with Crippen LogP contribution in [0.4, 0.5) is 11.4 Å². The third-order valence-corrected chi connectivity index (χ3v) is 5.19. The van der Waals surface area contributed by atoms with E-state index in [4.69, 9.17) is 0 Å². The maximum atomic E-state index is 12.5. The maximum absolute atomic E-state index is 12.5. The van der Waals surface area contributed by atoms with E-state index in [2.05, 4.69) is 29.3 Å². The largest absolute Gasteiger partial charge is 0.366 e. The highest BCUT2D eigenvalue weighted by molar-refractivity contribution is 7.16. The Kier molecular flexibility index (Phi) is 4.05. The van der Waals surface area contributed by atoms with Gasteiger partial charge in [0, 0.05) is 13.1 Å². The molecule has 118 valence electrons. The number of hydrogen-bond donors (Lipinski definition) is 1. The van der Waals surface area contributed by atoms with Gasteiger partial charge in [-0.05, 0) is 37.6 Å². The van der Waals surface area contributed by atoms with Crippen LogP contribution in [0.25, 0.3) is 6.08 Å². The summed E-state index contributed by atoms with van der Waals surface area (Å²) in [6.45, 7) is 3.61. The number of benzene rings is 1. The fraction of sp³-hybridized carbons (Fsp3) is 0.222. The van der Waals surface area contributed by atoms with Gasteiger partial charge in [-0.2, -0.15) is 0 Å². The van der Waals surface area contributed by atoms with Gasteiger partial charge in [-0.15, -0.1) is 11.3 Å². The second kappa shape index (κ2) is 6.01. The molecule has 0 fully saturated rings. The molecule has 1 atom stereocenters. The Morgan fingerprint density at radius 3 is 2.61 bits per heavy atom. The van der Waals surface area contributed by atoms with Gasteiger partial charge in [0.15, 0.2) is 5.78 Å². The topological polar surface area (TPSA) is 49.4 Å². The van der Waals surface area contributed by atoms with Crippen molar-refractivity contribution in [2.24, 2.45) is 0 Å². The summed E-state index contributed by atoms with van der Waals surface area (Å²) in [6.07, 6.45) is 4.21. The van der Waals surface area contributed by atoms with Crippen molar-refractivity contribution in [3.63, 3.8) is 0 Å². The van der Waals surface area contributed by atoms with Crippen LogP contribution in [0.2, 0.25) is 0 Å². The Morgan fingerprint density at radius 2 is 1.91 bits per heavy atom. The Morgan fingerprint density at radius 1 is 1.17 bits per heavy atom. The predicted octanol–water partition coefficient (Wildman–Crippen LogP) is 4.05. The molecule has 23 heavy (non-hydrogen) atoms. The van der Waals surface area contributed by atoms with Crippen LogP contribution in [0.1, 0.15) is 38.8 Å². The fourth-order valence-corrected chi connectivity index (χ4v) is 3.40. The van der Waals surface area contributed by atoms with Crippen molar-refractivity contribution >= 4 is 40.5 Å². The second-order valence-corrected chi connectivity index (χ2v) is 6.71. The molecule has 1 aromatic carbocycles. The van der Waals surface area contributed by atoms with Gasteiger partial charge >= 0.3 is 0 Å². The number of carbonyl (C=O) groups excluding carboxylic acids is 2. The molecule has 1 amide bonds. The Labute approximate surface area is 139 Å². The summed E-state index contributed by atoms with van der Waals surface area (Å²) in [5, 5.41) is 2.97. The number of fused-ring (bicyclic) bond motifs is 1. The highest BCUT2D eigenvalue weighted by atomic mass is 32.1. The van der Waals surface area contributed by atoms with Gasteiger partial charge in [-0.3, -0.25) is 9.59 Å². The molecule has 1 aromatic heterocycles. The molecule has 2 heterocycles. The van der Waals surface area contributed by atoms with E-state index < -0.39 is 0 Å². The highest BCUT2D eigenvalue weighted by Crippen LogP contribution is 2.35. The van der Waals surface area contributed by atoms with Gasteiger partial charge in [0.2, 0.25) is 0 Å². The first-order valence-corrected chi connectivity index (χ1v) is 8.25. The smallest absolute Gasteiger partial charge is 0.265 e. The fourth-order valence-electron chi connectivity index (χ4n) is 2.60. The zero-order chi connectivity index (χ0) is 16.6. The summed E-state index contributed by atoms with van der Waals surface area (Å²) < 4.78 is 0. The van der Waals surface area contributed by atoms with E-state index in [-0.39, 0.29) is 17.7 Å². The van der Waals surface area contributed by atoms with Crippen LogP contribution in [0.15, 0.2) is 36.4 Å². The third-order valence-electron chi connectivity index (χ3n) is 4.01. The molecule has 0 saturated heterocycles. The van der Waals surface area contributed by atoms with Gasteiger partial charge in [0.05, 0.1) is 21.1 Å². The van der Waals surface area contributed by atoms with Crippen LogP contribution in [0, 0.1) is 0 Å². The predicted molar refractivity (Wildman–Crippen MR) is 95.6 cm³/mol. The zero-order valence-corrected chi connectivity index (χ0v) is 14.1. The van der Waals surface area contributed by atoms with E-state index in [9.17, 15) is 9.59 Å². The Hall–Kier alpha value is -2.40. The first kappa shape index (κ1) is 15.5. The first-order valence-electron chi connectivity index (χ1n) is 7.43. The number of anilines is 2. The van der Waals surface area contributed by atoms with Crippen molar-refractivity contribution in [1.29, 1.82) is 0 Å². The van der Waals surface area contributed by atoms with E-state index in [1.54, 1.807) is 12.1 Å². The molecule has 3 rings (SSSR count). The summed E-state index contributed by atoms with van der Waals surface area (Å²) in [7, 11) is 2.02. The molecule has 1 aliphatic heterocycles. The molecule has 5 heteroatoms. The van der Waals surface area contributed by atoms with Crippen LogP contribution >= 0.6 is 11.3 Å². The lowest BCUT2D eigenvalue weighted by Gasteiger charge is -2.31. The number of nitrogens with one attached hydrogen (secondary N) is 1. The highest BCUT2D eigenvalue weighted by Gasteiger charge is 2.20. The number of thiophene rings is 1. The number of rotatable bonds is 3. The van der Waals surface area contributed by atoms with Crippen molar-refractivity contribution in [2.45, 2.75) is 19.9 Å². The number of amides is 1. The number of carbonyl (C=O) groups is 2. The van der Waals surface area contributed by atoms with Gasteiger partial charge in [0.1, 0.15) is 0 Å². The number of Topliss-reactive ketones (excluding diaryl/α,β-unsaturated/α-hetero) is 1. The Balaban J connectivity index is 1.90. The van der Waals surface area contributed by atoms with E-state index in [1.165, 1.54) is 18.3 Å². The molecular weight excluding hydrogens is 308 g/mol. The van der Waals surface area contributed by atoms with E-state index in [0.717, 1.165) is 16.9 Å². The first-order chi connectivity index (χ1) is 11.0. The number of ketones is 1. The molecule has 0 saturated carbocycles. The lowest BCUT2D eigenvalue weighted by Crippen LogP contribution is -2.30. The van der Waals surface area contributed by atoms with Crippen molar-refractivity contribution in [1.82, 2.24) is 0 Å². The van der Waals surface area contributed by atoms with Crippen LogP contribution < -0.4 is 10.2 Å². The van der Waals surface area contributed by atoms with Gasteiger partial charge in [0.25, 0.3) is 5.91 Å². The van der Waals surface area contributed by atoms with Crippen LogP contribution in [-0.2, 0) is 0 Å². The second-order valence-electron chi connectivity index (χ2n) is 5.63. The molecule has 0 spiro atoms. The van der Waals surface area contributed by atoms with Crippen LogP contribution in [-0.4, -0.2) is 24.8 Å². The number of likely N-dealkylation sites (N-methyl/N-ethyl adjacent to an activating group) is 1. The number of hydrogen-bond acceptors (Lipinski definition) is 4. The van der Waals surface area contributed by atoms with Gasteiger partial charge in [-0.25, -0.2) is 0 Å². The third kappa shape index (κ3) is 2.92. The lowest BCUT2D eigenvalue weighted by atomic mass is 10.0. The summed E-state index contributed by atoms with van der Waals surface area (Å²) in [5.74, 6) is -0.212. The van der Waals surface area contributed by atoms with E-state index in [1.807, 2.05) is 25.2 Å². The number of para-hydroxylation sites is 1. The maximum Gasteiger partial charge on any atom is 0.265 e. The molecule has 4 nitrogen and oxygen atoms in total. The van der Waals surface area contributed by atoms with Crippen LogP contribution in [0.3, 0.4) is 0 Å². The average molecular weight is 326 g/mol. The van der Waals surface area contributed by atoms with Crippen molar-refractivity contribution < 1.29 is 9.59 Å². The molecule has 2 aromatic rings. The Bertz CT molecular complexity index is 807. The zero-order valence-electron chi connectivity index (χ0n) is 13.3. The lowest BCUT2D eigenvalue weighted by molar-refractivity contribution is 0.101. The molecule has 1 unspecified atom stereocenters. The summed E-state index contributed by atoms with van der Waals surface area (Å²) in [4.78, 5) is 27.1. The number of nitrogens with zero attached hydrogens (tertiary/aromatic N) is 1. The minimum absolute atomic E-state index is 0.0233.